The van der Waals surface area contributed by atoms with E-state index in [0.717, 1.165) is 55.5 Å². The smallest absolute Gasteiger partial charge is 0.225 e. The van der Waals surface area contributed by atoms with Gasteiger partial charge >= 0.3 is 0 Å². The molecule has 3 aromatic heterocycles. The molecule has 0 amide bonds. The van der Waals surface area contributed by atoms with Crippen molar-refractivity contribution in [3.05, 3.63) is 66.6 Å². The van der Waals surface area contributed by atoms with E-state index in [9.17, 15) is 4.39 Å². The van der Waals surface area contributed by atoms with Crippen LogP contribution in [-0.4, -0.2) is 63.8 Å². The van der Waals surface area contributed by atoms with Gasteiger partial charge in [-0.15, -0.1) is 0 Å². The predicted octanol–water partition coefficient (Wildman–Crippen LogP) is 2.33. The van der Waals surface area contributed by atoms with Gasteiger partial charge in [-0.05, 0) is 23.8 Å². The Labute approximate surface area is 200 Å². The van der Waals surface area contributed by atoms with Crippen LogP contribution >= 0.6 is 11.8 Å². The summed E-state index contributed by atoms with van der Waals surface area (Å²) in [6, 6.07) is 8.93. The molecule has 34 heavy (non-hydrogen) atoms. The lowest BCUT2D eigenvalue weighted by molar-refractivity contribution is 0.602. The summed E-state index contributed by atoms with van der Waals surface area (Å²) in [4.78, 5) is 19.5. The Bertz CT molecular complexity index is 1280. The van der Waals surface area contributed by atoms with Crippen molar-refractivity contribution in [1.29, 1.82) is 0 Å². The van der Waals surface area contributed by atoms with Crippen LogP contribution in [0, 0.1) is 5.82 Å². The Morgan fingerprint density at radius 2 is 1.68 bits per heavy atom. The Morgan fingerprint density at radius 1 is 0.941 bits per heavy atom. The second-order valence-electron chi connectivity index (χ2n) is 8.37. The summed E-state index contributed by atoms with van der Waals surface area (Å²) in [5.74, 6) is 1.84. The lowest BCUT2D eigenvalue weighted by Gasteiger charge is -2.35. The van der Waals surface area contributed by atoms with Gasteiger partial charge in [0, 0.05) is 73.6 Å². The molecular weight excluding hydrogens is 453 g/mol. The highest BCUT2D eigenvalue weighted by Crippen LogP contribution is 2.30. The van der Waals surface area contributed by atoms with E-state index in [4.69, 9.17) is 0 Å². The van der Waals surface area contributed by atoms with Crippen molar-refractivity contribution in [2.75, 3.05) is 49.1 Å². The van der Waals surface area contributed by atoms with Gasteiger partial charge in [0.2, 0.25) is 5.95 Å². The third kappa shape index (κ3) is 4.17. The molecule has 2 saturated heterocycles. The highest BCUT2D eigenvalue weighted by molar-refractivity contribution is 7.99. The highest BCUT2D eigenvalue weighted by Gasteiger charge is 2.24. The van der Waals surface area contributed by atoms with Gasteiger partial charge in [0.05, 0.1) is 0 Å². The van der Waals surface area contributed by atoms with Gasteiger partial charge in [-0.3, -0.25) is 10.9 Å². The summed E-state index contributed by atoms with van der Waals surface area (Å²) in [5, 5.41) is 4.42. The number of piperazine rings is 1. The largest absolute Gasteiger partial charge is 0.351 e. The van der Waals surface area contributed by atoms with E-state index in [1.165, 1.54) is 23.4 Å². The van der Waals surface area contributed by atoms with Crippen molar-refractivity contribution in [3.63, 3.8) is 0 Å². The molecule has 5 heterocycles. The SMILES string of the molecule is Fc1ccccc1Sc1cnc(N2CCN(c3ncnn4cc(C5CNNC5)cc34)CC2)nc1. The van der Waals surface area contributed by atoms with Crippen molar-refractivity contribution in [2.45, 2.75) is 15.7 Å². The lowest BCUT2D eigenvalue weighted by Crippen LogP contribution is -2.47. The van der Waals surface area contributed by atoms with Gasteiger partial charge in [-0.2, -0.15) is 5.10 Å². The van der Waals surface area contributed by atoms with Gasteiger partial charge in [0.1, 0.15) is 17.7 Å². The number of fused-ring (bicyclic) bond motifs is 1. The highest BCUT2D eigenvalue weighted by atomic mass is 32.2. The van der Waals surface area contributed by atoms with Crippen LogP contribution in [0.3, 0.4) is 0 Å². The summed E-state index contributed by atoms with van der Waals surface area (Å²) in [5.41, 5.74) is 8.68. The molecule has 0 spiro atoms. The van der Waals surface area contributed by atoms with Gasteiger partial charge in [0.15, 0.2) is 5.82 Å². The molecule has 0 bridgehead atoms. The van der Waals surface area contributed by atoms with Crippen molar-refractivity contribution in [2.24, 2.45) is 0 Å². The van der Waals surface area contributed by atoms with Gasteiger partial charge in [0.25, 0.3) is 0 Å². The third-order valence-corrected chi connectivity index (χ3v) is 7.24. The van der Waals surface area contributed by atoms with E-state index < -0.39 is 0 Å². The van der Waals surface area contributed by atoms with Gasteiger partial charge < -0.3 is 9.80 Å². The minimum Gasteiger partial charge on any atom is -0.351 e. The maximum atomic E-state index is 13.9. The number of anilines is 2. The zero-order valence-electron chi connectivity index (χ0n) is 18.4. The van der Waals surface area contributed by atoms with Gasteiger partial charge in [-0.1, -0.05) is 23.9 Å². The first-order chi connectivity index (χ1) is 16.7. The average Bonchev–Trinajstić information content (AvgIpc) is 3.56. The van der Waals surface area contributed by atoms with Crippen molar-refractivity contribution in [1.82, 2.24) is 35.4 Å². The lowest BCUT2D eigenvalue weighted by atomic mass is 10.0. The number of aromatic nitrogens is 5. The number of halogens is 1. The Balaban J connectivity index is 1.13. The molecule has 0 unspecified atom stereocenters. The van der Waals surface area contributed by atoms with E-state index in [2.05, 4.69) is 53.0 Å². The van der Waals surface area contributed by atoms with E-state index in [1.807, 2.05) is 10.6 Å². The van der Waals surface area contributed by atoms with Crippen LogP contribution in [0.25, 0.3) is 5.52 Å². The molecule has 4 aromatic rings. The zero-order chi connectivity index (χ0) is 22.9. The van der Waals surface area contributed by atoms with Gasteiger partial charge in [-0.25, -0.2) is 23.9 Å². The van der Waals surface area contributed by atoms with Crippen LogP contribution in [0.5, 0.6) is 0 Å². The normalized spacial score (nSPS) is 17.1. The zero-order valence-corrected chi connectivity index (χ0v) is 19.2. The van der Waals surface area contributed by atoms with Crippen LogP contribution in [-0.2, 0) is 0 Å². The predicted molar refractivity (Wildman–Crippen MR) is 129 cm³/mol. The quantitative estimate of drug-likeness (QED) is 0.450. The Hall–Kier alpha value is -3.28. The average molecular weight is 478 g/mol. The second kappa shape index (κ2) is 9.16. The third-order valence-electron chi connectivity index (χ3n) is 6.24. The fraction of sp³-hybridized carbons (Fsp3) is 0.304. The van der Waals surface area contributed by atoms with E-state index in [-0.39, 0.29) is 5.82 Å². The number of benzene rings is 1. The summed E-state index contributed by atoms with van der Waals surface area (Å²) < 4.78 is 15.8. The van der Waals surface area contributed by atoms with E-state index in [1.54, 1.807) is 30.9 Å². The van der Waals surface area contributed by atoms with E-state index in [0.29, 0.717) is 16.8 Å². The topological polar surface area (TPSA) is 86.5 Å². The molecule has 0 aliphatic carbocycles. The molecule has 9 nitrogen and oxygen atoms in total. The number of hydrogen-bond donors (Lipinski definition) is 2. The van der Waals surface area contributed by atoms with Crippen LogP contribution in [0.1, 0.15) is 11.5 Å². The number of hydrogen-bond acceptors (Lipinski definition) is 9. The number of rotatable bonds is 5. The minimum absolute atomic E-state index is 0.238. The molecule has 0 radical (unpaired) electrons. The Morgan fingerprint density at radius 3 is 2.44 bits per heavy atom. The maximum Gasteiger partial charge on any atom is 0.225 e. The molecule has 0 atom stereocenters. The summed E-state index contributed by atoms with van der Waals surface area (Å²) in [6.45, 7) is 5.04. The summed E-state index contributed by atoms with van der Waals surface area (Å²) in [6.07, 6.45) is 7.24. The van der Waals surface area contributed by atoms with Crippen molar-refractivity contribution >= 4 is 29.0 Å². The number of nitrogens with zero attached hydrogens (tertiary/aromatic N) is 7. The molecular formula is C23H24FN9S. The molecule has 6 rings (SSSR count). The minimum atomic E-state index is -0.238. The first kappa shape index (κ1) is 21.3. The first-order valence-corrected chi connectivity index (χ1v) is 12.1. The molecule has 11 heteroatoms. The first-order valence-electron chi connectivity index (χ1n) is 11.3. The molecule has 0 saturated carbocycles. The summed E-state index contributed by atoms with van der Waals surface area (Å²) in [7, 11) is 0. The molecule has 174 valence electrons. The summed E-state index contributed by atoms with van der Waals surface area (Å²) >= 11 is 1.33. The fourth-order valence-corrected chi connectivity index (χ4v) is 5.18. The maximum absolute atomic E-state index is 13.9. The van der Waals surface area contributed by atoms with E-state index >= 15 is 0 Å². The molecule has 2 fully saturated rings. The van der Waals surface area contributed by atoms with Crippen LogP contribution in [0.2, 0.25) is 0 Å². The van der Waals surface area contributed by atoms with Crippen LogP contribution in [0.4, 0.5) is 16.2 Å². The number of nitrogens with one attached hydrogen (secondary N) is 2. The molecule has 2 aliphatic rings. The second-order valence-corrected chi connectivity index (χ2v) is 9.49. The monoisotopic (exact) mass is 477 g/mol. The number of hydrazine groups is 1. The fourth-order valence-electron chi connectivity index (χ4n) is 4.40. The molecule has 2 aliphatic heterocycles. The van der Waals surface area contributed by atoms with Crippen LogP contribution < -0.4 is 20.7 Å². The molecule has 1 aromatic carbocycles. The van der Waals surface area contributed by atoms with Crippen LogP contribution in [0.15, 0.2) is 65.0 Å². The van der Waals surface area contributed by atoms with Crippen molar-refractivity contribution < 1.29 is 4.39 Å². The molecule has 2 N–H and O–H groups in total. The van der Waals surface area contributed by atoms with Crippen molar-refractivity contribution in [3.8, 4) is 0 Å². The standard InChI is InChI=1S/C23H24FN9S/c24-19-3-1-2-4-21(19)34-18-12-25-23(26-13-18)32-7-5-31(6-8-32)22-20-9-16(17-10-28-29-11-17)14-33(20)30-15-27-22/h1-4,9,12-15,17,28-29H,5-8,10-11H2. The Kier molecular flexibility index (Phi) is 5.73.